The van der Waals surface area contributed by atoms with Gasteiger partial charge in [0.2, 0.25) is 5.91 Å². The first kappa shape index (κ1) is 17.3. The lowest BCUT2D eigenvalue weighted by atomic mass is 10.2. The second-order valence-electron chi connectivity index (χ2n) is 5.38. The van der Waals surface area contributed by atoms with Gasteiger partial charge in [-0.05, 0) is 42.8 Å². The van der Waals surface area contributed by atoms with Gasteiger partial charge in [-0.2, -0.15) is 0 Å². The summed E-state index contributed by atoms with van der Waals surface area (Å²) in [4.78, 5) is 13.5. The Morgan fingerprint density at radius 3 is 2.62 bits per heavy atom. The molecular formula is C16H14BrClN2O3S. The maximum atomic E-state index is 12.5. The van der Waals surface area contributed by atoms with Gasteiger partial charge in [0.05, 0.1) is 10.7 Å². The van der Waals surface area contributed by atoms with Gasteiger partial charge in [0.25, 0.3) is 10.0 Å². The molecule has 0 unspecified atom stereocenters. The lowest BCUT2D eigenvalue weighted by molar-refractivity contribution is -0.117. The fourth-order valence-electron chi connectivity index (χ4n) is 2.56. The normalized spacial score (nSPS) is 14.9. The fourth-order valence-corrected chi connectivity index (χ4v) is 4.65. The van der Waals surface area contributed by atoms with Gasteiger partial charge in [-0.15, -0.1) is 0 Å². The van der Waals surface area contributed by atoms with Gasteiger partial charge in [0.15, 0.2) is 0 Å². The van der Waals surface area contributed by atoms with Gasteiger partial charge in [-0.25, -0.2) is 8.42 Å². The van der Waals surface area contributed by atoms with Crippen LogP contribution in [0.5, 0.6) is 0 Å². The summed E-state index contributed by atoms with van der Waals surface area (Å²) in [5.41, 5.74) is 1.06. The van der Waals surface area contributed by atoms with E-state index in [0.29, 0.717) is 28.8 Å². The highest BCUT2D eigenvalue weighted by Crippen LogP contribution is 2.29. The van der Waals surface area contributed by atoms with E-state index in [2.05, 4.69) is 20.7 Å². The smallest absolute Gasteiger partial charge is 0.263 e. The van der Waals surface area contributed by atoms with Crippen molar-refractivity contribution in [2.24, 2.45) is 0 Å². The molecule has 2 aromatic carbocycles. The minimum Gasteiger partial charge on any atom is -0.312 e. The molecule has 24 heavy (non-hydrogen) atoms. The number of sulfonamides is 1. The summed E-state index contributed by atoms with van der Waals surface area (Å²) >= 11 is 9.28. The number of nitrogens with zero attached hydrogens (tertiary/aromatic N) is 1. The number of anilines is 2. The summed E-state index contributed by atoms with van der Waals surface area (Å²) in [6, 6.07) is 11.3. The first-order valence-corrected chi connectivity index (χ1v) is 9.90. The minimum atomic E-state index is -3.82. The van der Waals surface area contributed by atoms with E-state index >= 15 is 0 Å². The summed E-state index contributed by atoms with van der Waals surface area (Å²) in [5, 5.41) is 0.128. The number of carbonyl (C=O) groups is 1. The van der Waals surface area contributed by atoms with Crippen LogP contribution in [0.2, 0.25) is 5.02 Å². The van der Waals surface area contributed by atoms with Gasteiger partial charge in [0, 0.05) is 23.1 Å². The molecule has 1 amide bonds. The number of amides is 1. The van der Waals surface area contributed by atoms with E-state index < -0.39 is 10.0 Å². The third-order valence-corrected chi connectivity index (χ3v) is 6.02. The summed E-state index contributed by atoms with van der Waals surface area (Å²) in [7, 11) is -3.82. The van der Waals surface area contributed by atoms with Gasteiger partial charge in [0.1, 0.15) is 4.90 Å². The van der Waals surface area contributed by atoms with E-state index in [9.17, 15) is 13.2 Å². The molecule has 1 aliphatic heterocycles. The van der Waals surface area contributed by atoms with E-state index in [0.717, 1.165) is 6.42 Å². The van der Waals surface area contributed by atoms with Gasteiger partial charge >= 0.3 is 0 Å². The van der Waals surface area contributed by atoms with Crippen LogP contribution in [-0.2, 0) is 14.8 Å². The van der Waals surface area contributed by atoms with Gasteiger partial charge in [-0.1, -0.05) is 33.6 Å². The number of rotatable bonds is 4. The molecule has 126 valence electrons. The minimum absolute atomic E-state index is 0.00461. The van der Waals surface area contributed by atoms with E-state index in [1.165, 1.54) is 12.1 Å². The average molecular weight is 430 g/mol. The predicted molar refractivity (Wildman–Crippen MR) is 98.0 cm³/mol. The van der Waals surface area contributed by atoms with Crippen LogP contribution in [0.4, 0.5) is 11.4 Å². The van der Waals surface area contributed by atoms with Crippen LogP contribution < -0.4 is 9.62 Å². The van der Waals surface area contributed by atoms with Crippen molar-refractivity contribution in [2.45, 2.75) is 17.7 Å². The Balaban J connectivity index is 1.89. The van der Waals surface area contributed by atoms with E-state index in [4.69, 9.17) is 11.6 Å². The molecule has 0 aliphatic carbocycles. The zero-order valence-corrected chi connectivity index (χ0v) is 15.7. The zero-order chi connectivity index (χ0) is 17.3. The van der Waals surface area contributed by atoms with Crippen molar-refractivity contribution in [3.05, 3.63) is 52.0 Å². The summed E-state index contributed by atoms with van der Waals surface area (Å²) in [6.07, 6.45) is 1.33. The number of hydrogen-bond donors (Lipinski definition) is 1. The highest BCUT2D eigenvalue weighted by atomic mass is 79.9. The lowest BCUT2D eigenvalue weighted by Gasteiger charge is -2.17. The molecule has 0 atom stereocenters. The van der Waals surface area contributed by atoms with Gasteiger partial charge in [-0.3, -0.25) is 9.52 Å². The summed E-state index contributed by atoms with van der Waals surface area (Å²) < 4.78 is 28.3. The second-order valence-corrected chi connectivity index (χ2v) is 8.35. The molecule has 0 bridgehead atoms. The Morgan fingerprint density at radius 1 is 1.17 bits per heavy atom. The SMILES string of the molecule is O=C1CCCN1c1cccc(NS(=O)(=O)c2ccc(Br)cc2Cl)c1. The van der Waals surface area contributed by atoms with Crippen molar-refractivity contribution >= 4 is 54.8 Å². The van der Waals surface area contributed by atoms with E-state index in [1.54, 1.807) is 35.2 Å². The van der Waals surface area contributed by atoms with Crippen molar-refractivity contribution in [1.82, 2.24) is 0 Å². The Bertz CT molecular complexity index is 902. The third-order valence-electron chi connectivity index (χ3n) is 3.67. The number of halogens is 2. The van der Waals surface area contributed by atoms with Crippen molar-refractivity contribution in [3.8, 4) is 0 Å². The Morgan fingerprint density at radius 2 is 1.96 bits per heavy atom. The molecule has 1 aliphatic rings. The summed E-state index contributed by atoms with van der Waals surface area (Å²) in [6.45, 7) is 0.646. The van der Waals surface area contributed by atoms with E-state index in [1.807, 2.05) is 0 Å². The highest BCUT2D eigenvalue weighted by Gasteiger charge is 2.23. The van der Waals surface area contributed by atoms with Gasteiger partial charge < -0.3 is 4.90 Å². The molecule has 5 nitrogen and oxygen atoms in total. The molecule has 1 saturated heterocycles. The molecule has 0 spiro atoms. The van der Waals surface area contributed by atoms with Crippen molar-refractivity contribution in [3.63, 3.8) is 0 Å². The maximum Gasteiger partial charge on any atom is 0.263 e. The predicted octanol–water partition coefficient (Wildman–Crippen LogP) is 4.03. The average Bonchev–Trinajstić information content (AvgIpc) is 2.92. The van der Waals surface area contributed by atoms with Crippen LogP contribution in [0.25, 0.3) is 0 Å². The molecule has 0 aromatic heterocycles. The van der Waals surface area contributed by atoms with Crippen LogP contribution in [0.1, 0.15) is 12.8 Å². The number of hydrogen-bond acceptors (Lipinski definition) is 3. The molecule has 0 saturated carbocycles. The van der Waals surface area contributed by atoms with Crippen molar-refractivity contribution in [2.75, 3.05) is 16.2 Å². The quantitative estimate of drug-likeness (QED) is 0.798. The topological polar surface area (TPSA) is 66.5 Å². The molecule has 1 fully saturated rings. The molecule has 8 heteroatoms. The molecule has 3 rings (SSSR count). The standard InChI is InChI=1S/C16H14BrClN2O3S/c17-11-6-7-15(14(18)9-11)24(22,23)19-12-3-1-4-13(10-12)20-8-2-5-16(20)21/h1,3-4,6-7,9-10,19H,2,5,8H2. The van der Waals surface area contributed by atoms with Crippen LogP contribution in [-0.4, -0.2) is 20.9 Å². The largest absolute Gasteiger partial charge is 0.312 e. The second kappa shape index (κ2) is 6.74. The molecule has 2 aromatic rings. The van der Waals surface area contributed by atoms with Crippen LogP contribution in [0.3, 0.4) is 0 Å². The Hall–Kier alpha value is -1.57. The van der Waals surface area contributed by atoms with Crippen LogP contribution in [0.15, 0.2) is 51.8 Å². The number of benzene rings is 2. The Kier molecular flexibility index (Phi) is 4.85. The van der Waals surface area contributed by atoms with Crippen LogP contribution >= 0.6 is 27.5 Å². The molecule has 0 radical (unpaired) electrons. The number of carbonyl (C=O) groups excluding carboxylic acids is 1. The molecular weight excluding hydrogens is 416 g/mol. The molecule has 1 heterocycles. The monoisotopic (exact) mass is 428 g/mol. The van der Waals surface area contributed by atoms with Crippen molar-refractivity contribution in [1.29, 1.82) is 0 Å². The fraction of sp³-hybridized carbons (Fsp3) is 0.188. The third kappa shape index (κ3) is 3.58. The molecule has 1 N–H and O–H groups in total. The highest BCUT2D eigenvalue weighted by molar-refractivity contribution is 9.10. The van der Waals surface area contributed by atoms with Crippen molar-refractivity contribution < 1.29 is 13.2 Å². The van der Waals surface area contributed by atoms with Crippen LogP contribution in [0, 0.1) is 0 Å². The maximum absolute atomic E-state index is 12.5. The first-order chi connectivity index (χ1) is 11.4. The van der Waals surface area contributed by atoms with E-state index in [-0.39, 0.29) is 15.8 Å². The first-order valence-electron chi connectivity index (χ1n) is 7.25. The Labute approximate surface area is 153 Å². The summed E-state index contributed by atoms with van der Waals surface area (Å²) in [5.74, 6) is 0.0472. The lowest BCUT2D eigenvalue weighted by Crippen LogP contribution is -2.23. The zero-order valence-electron chi connectivity index (χ0n) is 12.5. The number of nitrogens with one attached hydrogen (secondary N) is 1.